The summed E-state index contributed by atoms with van der Waals surface area (Å²) < 4.78 is 0. The molecule has 9 unspecified atom stereocenters. The number of carboxylic acids is 1. The number of carbonyl (C=O) groups is 7. The first-order valence-corrected chi connectivity index (χ1v) is 18.7. The fraction of sp³-hybridized carbons (Fsp3) is 0.649. The summed E-state index contributed by atoms with van der Waals surface area (Å²) in [4.78, 5) is 92.3. The van der Waals surface area contributed by atoms with Gasteiger partial charge in [-0.25, -0.2) is 4.79 Å². The average molecular weight is 777 g/mol. The Morgan fingerprint density at radius 2 is 1.45 bits per heavy atom. The van der Waals surface area contributed by atoms with Gasteiger partial charge in [0.25, 0.3) is 0 Å². The second-order valence-corrected chi connectivity index (χ2v) is 14.7. The van der Waals surface area contributed by atoms with Gasteiger partial charge in [0.15, 0.2) is 0 Å². The Morgan fingerprint density at radius 3 is 2.00 bits per heavy atom. The zero-order chi connectivity index (χ0) is 41.4. The monoisotopic (exact) mass is 776 g/mol. The summed E-state index contributed by atoms with van der Waals surface area (Å²) in [6, 6.07) is 1.33. The standard InChI is InChI=1S/C37H60N8O10/c1-6-21(4)31(36(53)43-27(19-46)37(54)55)44-34(51)28-13-10-14-45(28)18-24(16-23-11-8-7-9-12-23)40-32(49)26(17-29(38)48)41-33(50)25(15-20(2)3)42-35(52)30(39)22(5)47/h7-9,11-12,20-22,24-28,30-31,46-47H,6,10,13-19,39H2,1-5H3,(H2,38,48)(H,40,49)(H,41,50)(H,42,52)(H,43,53)(H,44,51)(H,54,55). The summed E-state index contributed by atoms with van der Waals surface area (Å²) in [6.07, 6.45) is 0.249. The van der Waals surface area contributed by atoms with Crippen LogP contribution in [0.15, 0.2) is 30.3 Å². The maximum Gasteiger partial charge on any atom is 0.328 e. The average Bonchev–Trinajstić information content (AvgIpc) is 3.59. The van der Waals surface area contributed by atoms with Gasteiger partial charge in [0.05, 0.1) is 25.2 Å². The van der Waals surface area contributed by atoms with E-state index in [9.17, 15) is 48.9 Å². The van der Waals surface area contributed by atoms with Gasteiger partial charge in [-0.1, -0.05) is 64.4 Å². The molecular weight excluding hydrogens is 716 g/mol. The molecule has 1 saturated heterocycles. The third-order valence-electron chi connectivity index (χ3n) is 9.58. The van der Waals surface area contributed by atoms with Gasteiger partial charge in [0, 0.05) is 12.6 Å². The Bertz CT molecular complexity index is 1460. The molecule has 6 amide bonds. The van der Waals surface area contributed by atoms with Crippen molar-refractivity contribution in [1.82, 2.24) is 31.5 Å². The van der Waals surface area contributed by atoms with Gasteiger partial charge >= 0.3 is 5.97 Å². The lowest BCUT2D eigenvalue weighted by atomic mass is 9.97. The number of nitrogens with two attached hydrogens (primary N) is 2. The van der Waals surface area contributed by atoms with Gasteiger partial charge < -0.3 is 53.4 Å². The molecule has 0 aromatic heterocycles. The quantitative estimate of drug-likeness (QED) is 0.0571. The van der Waals surface area contributed by atoms with Crippen LogP contribution in [0.2, 0.25) is 0 Å². The van der Waals surface area contributed by atoms with E-state index in [4.69, 9.17) is 11.5 Å². The molecule has 1 aliphatic rings. The maximum absolute atomic E-state index is 13.9. The molecule has 1 aliphatic heterocycles. The summed E-state index contributed by atoms with van der Waals surface area (Å²) in [6.45, 7) is 8.33. The van der Waals surface area contributed by atoms with E-state index in [0.29, 0.717) is 32.2 Å². The van der Waals surface area contributed by atoms with Crippen molar-refractivity contribution in [3.63, 3.8) is 0 Å². The van der Waals surface area contributed by atoms with Crippen molar-refractivity contribution in [2.45, 2.75) is 122 Å². The molecule has 12 N–H and O–H groups in total. The number of aliphatic hydroxyl groups is 2. The highest BCUT2D eigenvalue weighted by molar-refractivity contribution is 5.95. The minimum atomic E-state index is -1.54. The van der Waals surface area contributed by atoms with E-state index in [1.165, 1.54) is 6.92 Å². The highest BCUT2D eigenvalue weighted by Gasteiger charge is 2.37. The van der Waals surface area contributed by atoms with Crippen molar-refractivity contribution in [1.29, 1.82) is 0 Å². The highest BCUT2D eigenvalue weighted by atomic mass is 16.4. The Kier molecular flexibility index (Phi) is 19.2. The number of nitrogens with zero attached hydrogens (tertiary/aromatic N) is 1. The lowest BCUT2D eigenvalue weighted by Crippen LogP contribution is -2.60. The van der Waals surface area contributed by atoms with Crippen LogP contribution in [-0.2, 0) is 40.0 Å². The van der Waals surface area contributed by atoms with Gasteiger partial charge in [0.2, 0.25) is 35.4 Å². The molecule has 18 heteroatoms. The van der Waals surface area contributed by atoms with E-state index in [1.54, 1.807) is 6.92 Å². The number of primary amides is 1. The molecular formula is C37H60N8O10. The van der Waals surface area contributed by atoms with Crippen molar-refractivity contribution >= 4 is 41.4 Å². The molecule has 2 rings (SSSR count). The molecule has 0 saturated carbocycles. The fourth-order valence-electron chi connectivity index (χ4n) is 6.26. The van der Waals surface area contributed by atoms with E-state index in [0.717, 1.165) is 5.56 Å². The maximum atomic E-state index is 13.9. The largest absolute Gasteiger partial charge is 0.480 e. The van der Waals surface area contributed by atoms with Crippen LogP contribution in [0.1, 0.15) is 72.3 Å². The van der Waals surface area contributed by atoms with Crippen LogP contribution in [0.5, 0.6) is 0 Å². The second-order valence-electron chi connectivity index (χ2n) is 14.7. The van der Waals surface area contributed by atoms with Gasteiger partial charge in [-0.05, 0) is 56.6 Å². The van der Waals surface area contributed by atoms with Crippen LogP contribution in [-0.4, -0.2) is 130 Å². The Hall–Kier alpha value is -4.65. The van der Waals surface area contributed by atoms with Crippen LogP contribution in [0.4, 0.5) is 0 Å². The number of carboxylic acid groups (broad SMARTS) is 1. The number of nitrogens with one attached hydrogen (secondary N) is 5. The molecule has 1 heterocycles. The summed E-state index contributed by atoms with van der Waals surface area (Å²) in [5.41, 5.74) is 12.1. The molecule has 1 aromatic carbocycles. The number of hydrogen-bond acceptors (Lipinski definition) is 11. The summed E-state index contributed by atoms with van der Waals surface area (Å²) in [5.74, 6) is -6.22. The first kappa shape index (κ1) is 46.5. The lowest BCUT2D eigenvalue weighted by Gasteiger charge is -2.32. The molecule has 1 fully saturated rings. The number of hydrogen-bond donors (Lipinski definition) is 10. The predicted octanol–water partition coefficient (Wildman–Crippen LogP) is -2.13. The molecule has 308 valence electrons. The van der Waals surface area contributed by atoms with Crippen LogP contribution in [0, 0.1) is 11.8 Å². The number of aliphatic carboxylic acids is 1. The van der Waals surface area contributed by atoms with Crippen molar-refractivity contribution in [3.05, 3.63) is 35.9 Å². The fourth-order valence-corrected chi connectivity index (χ4v) is 6.26. The second kappa shape index (κ2) is 22.7. The topological polar surface area (TPSA) is 296 Å². The van der Waals surface area contributed by atoms with Gasteiger partial charge in [-0.15, -0.1) is 0 Å². The smallest absolute Gasteiger partial charge is 0.328 e. The molecule has 9 atom stereocenters. The van der Waals surface area contributed by atoms with E-state index in [-0.39, 0.29) is 24.8 Å². The zero-order valence-corrected chi connectivity index (χ0v) is 32.3. The van der Waals surface area contributed by atoms with Crippen molar-refractivity contribution in [2.75, 3.05) is 19.7 Å². The number of carbonyl (C=O) groups excluding carboxylic acids is 6. The van der Waals surface area contributed by atoms with Crippen molar-refractivity contribution < 1.29 is 48.9 Å². The summed E-state index contributed by atoms with van der Waals surface area (Å²) >= 11 is 0. The van der Waals surface area contributed by atoms with Crippen molar-refractivity contribution in [3.8, 4) is 0 Å². The number of amides is 6. The predicted molar refractivity (Wildman–Crippen MR) is 201 cm³/mol. The minimum absolute atomic E-state index is 0.0832. The molecule has 0 bridgehead atoms. The molecule has 18 nitrogen and oxygen atoms in total. The van der Waals surface area contributed by atoms with E-state index >= 15 is 0 Å². The SMILES string of the molecule is CCC(C)C(NC(=O)C1CCCN1CC(Cc1ccccc1)NC(=O)C(CC(N)=O)NC(=O)C(CC(C)C)NC(=O)C(N)C(C)O)C(=O)NC(CO)C(=O)O. The van der Waals surface area contributed by atoms with Crippen LogP contribution < -0.4 is 38.1 Å². The third kappa shape index (κ3) is 15.2. The first-order valence-electron chi connectivity index (χ1n) is 18.7. The number of aliphatic hydroxyl groups excluding tert-OH is 2. The number of likely N-dealkylation sites (tertiary alicyclic amines) is 1. The Balaban J connectivity index is 2.33. The normalized spacial score (nSPS) is 18.7. The van der Waals surface area contributed by atoms with Crippen molar-refractivity contribution in [2.24, 2.45) is 23.3 Å². The lowest BCUT2D eigenvalue weighted by molar-refractivity contribution is -0.143. The number of rotatable bonds is 23. The molecule has 0 aliphatic carbocycles. The van der Waals surface area contributed by atoms with E-state index in [1.807, 2.05) is 56.0 Å². The molecule has 0 spiro atoms. The Labute approximate surface area is 321 Å². The van der Waals surface area contributed by atoms with Crippen LogP contribution in [0.25, 0.3) is 0 Å². The van der Waals surface area contributed by atoms with Crippen LogP contribution >= 0.6 is 0 Å². The first-order chi connectivity index (χ1) is 25.9. The zero-order valence-electron chi connectivity index (χ0n) is 32.3. The number of benzene rings is 1. The minimum Gasteiger partial charge on any atom is -0.480 e. The highest BCUT2D eigenvalue weighted by Crippen LogP contribution is 2.20. The van der Waals surface area contributed by atoms with Crippen LogP contribution in [0.3, 0.4) is 0 Å². The van der Waals surface area contributed by atoms with Gasteiger partial charge in [0.1, 0.15) is 30.2 Å². The molecule has 0 radical (unpaired) electrons. The van der Waals surface area contributed by atoms with E-state index < -0.39 is 103 Å². The third-order valence-corrected chi connectivity index (χ3v) is 9.58. The molecule has 1 aromatic rings. The summed E-state index contributed by atoms with van der Waals surface area (Å²) in [7, 11) is 0. The van der Waals surface area contributed by atoms with E-state index in [2.05, 4.69) is 26.6 Å². The molecule has 55 heavy (non-hydrogen) atoms. The summed E-state index contributed by atoms with van der Waals surface area (Å²) in [5, 5.41) is 41.5. The van der Waals surface area contributed by atoms with Gasteiger partial charge in [-0.2, -0.15) is 0 Å². The van der Waals surface area contributed by atoms with Gasteiger partial charge in [-0.3, -0.25) is 33.7 Å². The Morgan fingerprint density at radius 1 is 0.855 bits per heavy atom.